The molecule has 2 heterocycles. The number of nitrogens with one attached hydrogen (secondary N) is 2. The Kier molecular flexibility index (Phi) is 6.69. The standard InChI is InChI=1S/C22H27N5O4S/c1-14(28)26-22(12-5-3-4-6-13-22)20-24-18(31-27-20)11-10-17(29)23-21-25-19-15(30-2)8-7-9-16(19)32-21/h7-9H,3-6,10-13H2,1-2H3,(H,26,28)(H,23,25,29). The van der Waals surface area contributed by atoms with Crippen LogP contribution >= 0.6 is 11.3 Å². The Labute approximate surface area is 189 Å². The molecule has 170 valence electrons. The van der Waals surface area contributed by atoms with Gasteiger partial charge in [0, 0.05) is 19.8 Å². The van der Waals surface area contributed by atoms with Gasteiger partial charge in [-0.3, -0.25) is 9.59 Å². The van der Waals surface area contributed by atoms with Crippen LogP contribution in [0, 0.1) is 0 Å². The molecular weight excluding hydrogens is 430 g/mol. The van der Waals surface area contributed by atoms with Gasteiger partial charge in [-0.25, -0.2) is 4.98 Å². The lowest BCUT2D eigenvalue weighted by Gasteiger charge is -2.30. The van der Waals surface area contributed by atoms with Crippen molar-refractivity contribution in [3.8, 4) is 5.75 Å². The van der Waals surface area contributed by atoms with Gasteiger partial charge in [0.2, 0.25) is 17.7 Å². The van der Waals surface area contributed by atoms with E-state index in [0.29, 0.717) is 29.0 Å². The van der Waals surface area contributed by atoms with Gasteiger partial charge in [-0.2, -0.15) is 4.98 Å². The van der Waals surface area contributed by atoms with Gasteiger partial charge in [-0.15, -0.1) is 0 Å². The number of aromatic nitrogens is 3. The van der Waals surface area contributed by atoms with Crippen molar-refractivity contribution in [2.75, 3.05) is 12.4 Å². The number of aryl methyl sites for hydroxylation is 1. The topological polar surface area (TPSA) is 119 Å². The van der Waals surface area contributed by atoms with Crippen LogP contribution in [0.25, 0.3) is 10.2 Å². The molecule has 4 rings (SSSR count). The predicted octanol–water partition coefficient (Wildman–Crippen LogP) is 3.94. The van der Waals surface area contributed by atoms with Crippen molar-refractivity contribution < 1.29 is 18.8 Å². The molecule has 0 aliphatic heterocycles. The van der Waals surface area contributed by atoms with E-state index in [4.69, 9.17) is 9.26 Å². The summed E-state index contributed by atoms with van der Waals surface area (Å²) in [5.74, 6) is 1.27. The molecule has 0 spiro atoms. The lowest BCUT2D eigenvalue weighted by Crippen LogP contribution is -2.45. The fourth-order valence-electron chi connectivity index (χ4n) is 4.17. The van der Waals surface area contributed by atoms with Crippen molar-refractivity contribution >= 4 is 38.5 Å². The highest BCUT2D eigenvalue weighted by molar-refractivity contribution is 7.22. The Hall–Kier alpha value is -3.01. The Morgan fingerprint density at radius 1 is 1.19 bits per heavy atom. The molecule has 1 aliphatic carbocycles. The van der Waals surface area contributed by atoms with Crippen molar-refractivity contribution in [1.82, 2.24) is 20.4 Å². The number of hydrogen-bond acceptors (Lipinski definition) is 8. The third-order valence-electron chi connectivity index (χ3n) is 5.68. The molecule has 2 aromatic heterocycles. The second-order valence-corrected chi connectivity index (χ2v) is 9.09. The van der Waals surface area contributed by atoms with Crippen LogP contribution in [0.4, 0.5) is 5.13 Å². The molecule has 0 saturated heterocycles. The van der Waals surface area contributed by atoms with E-state index >= 15 is 0 Å². The molecule has 1 aliphatic rings. The SMILES string of the molecule is COc1cccc2sc(NC(=O)CCc3nc(C4(NC(C)=O)CCCCCC4)no3)nc12. The molecule has 0 atom stereocenters. The largest absolute Gasteiger partial charge is 0.494 e. The van der Waals surface area contributed by atoms with E-state index < -0.39 is 5.54 Å². The highest BCUT2D eigenvalue weighted by atomic mass is 32.1. The van der Waals surface area contributed by atoms with Crippen LogP contribution in [-0.2, 0) is 21.5 Å². The van der Waals surface area contributed by atoms with Gasteiger partial charge in [0.25, 0.3) is 0 Å². The number of thiazole rings is 1. The average molecular weight is 458 g/mol. The van der Waals surface area contributed by atoms with E-state index in [1.807, 2.05) is 18.2 Å². The molecule has 32 heavy (non-hydrogen) atoms. The molecule has 0 bridgehead atoms. The lowest BCUT2D eigenvalue weighted by molar-refractivity contribution is -0.121. The molecule has 1 saturated carbocycles. The van der Waals surface area contributed by atoms with E-state index in [2.05, 4.69) is 25.8 Å². The summed E-state index contributed by atoms with van der Waals surface area (Å²) in [6.07, 6.45) is 6.32. The molecule has 1 aromatic carbocycles. The maximum Gasteiger partial charge on any atom is 0.227 e. The third kappa shape index (κ3) is 4.90. The second kappa shape index (κ2) is 9.64. The normalized spacial score (nSPS) is 15.8. The number of para-hydroxylation sites is 1. The van der Waals surface area contributed by atoms with Gasteiger partial charge in [0.1, 0.15) is 16.8 Å². The zero-order chi connectivity index (χ0) is 22.6. The van der Waals surface area contributed by atoms with Gasteiger partial charge < -0.3 is 19.9 Å². The number of nitrogens with zero attached hydrogens (tertiary/aromatic N) is 3. The predicted molar refractivity (Wildman–Crippen MR) is 121 cm³/mol. The first-order valence-electron chi connectivity index (χ1n) is 10.8. The van der Waals surface area contributed by atoms with E-state index in [9.17, 15) is 9.59 Å². The van der Waals surface area contributed by atoms with Crippen LogP contribution in [0.15, 0.2) is 22.7 Å². The first-order valence-corrected chi connectivity index (χ1v) is 11.7. The van der Waals surface area contributed by atoms with Crippen LogP contribution < -0.4 is 15.4 Å². The molecule has 2 N–H and O–H groups in total. The number of hydrogen-bond donors (Lipinski definition) is 2. The highest BCUT2D eigenvalue weighted by Gasteiger charge is 2.38. The molecule has 2 amide bonds. The number of rotatable bonds is 7. The molecule has 9 nitrogen and oxygen atoms in total. The molecule has 0 radical (unpaired) electrons. The molecular formula is C22H27N5O4S. The maximum absolute atomic E-state index is 12.5. The summed E-state index contributed by atoms with van der Waals surface area (Å²) < 4.78 is 11.7. The van der Waals surface area contributed by atoms with Gasteiger partial charge in [0.15, 0.2) is 11.0 Å². The molecule has 0 unspecified atom stereocenters. The zero-order valence-electron chi connectivity index (χ0n) is 18.3. The van der Waals surface area contributed by atoms with Crippen LogP contribution in [0.3, 0.4) is 0 Å². The fourth-order valence-corrected chi connectivity index (χ4v) is 5.07. The van der Waals surface area contributed by atoms with E-state index in [1.165, 1.54) is 18.3 Å². The van der Waals surface area contributed by atoms with Crippen molar-refractivity contribution in [2.45, 2.75) is 63.8 Å². The summed E-state index contributed by atoms with van der Waals surface area (Å²) in [6.45, 7) is 1.51. The van der Waals surface area contributed by atoms with E-state index in [1.54, 1.807) is 7.11 Å². The van der Waals surface area contributed by atoms with Gasteiger partial charge in [-0.05, 0) is 25.0 Å². The summed E-state index contributed by atoms with van der Waals surface area (Å²) in [4.78, 5) is 33.3. The molecule has 3 aromatic rings. The number of anilines is 1. The van der Waals surface area contributed by atoms with Crippen LogP contribution in [-0.4, -0.2) is 34.0 Å². The number of carbonyl (C=O) groups excluding carboxylic acids is 2. The van der Waals surface area contributed by atoms with Crippen LogP contribution in [0.2, 0.25) is 0 Å². The van der Waals surface area contributed by atoms with Crippen LogP contribution in [0.5, 0.6) is 5.75 Å². The Balaban J connectivity index is 1.40. The van der Waals surface area contributed by atoms with Crippen molar-refractivity contribution in [1.29, 1.82) is 0 Å². The third-order valence-corrected chi connectivity index (χ3v) is 6.62. The molecule has 1 fully saturated rings. The Morgan fingerprint density at radius 2 is 1.97 bits per heavy atom. The Bertz CT molecular complexity index is 1100. The first kappa shape index (κ1) is 22.2. The fraction of sp³-hybridized carbons (Fsp3) is 0.500. The number of methoxy groups -OCH3 is 1. The monoisotopic (exact) mass is 457 g/mol. The number of benzene rings is 1. The summed E-state index contributed by atoms with van der Waals surface area (Å²) in [5, 5.41) is 10.6. The van der Waals surface area contributed by atoms with E-state index in [0.717, 1.165) is 48.7 Å². The van der Waals surface area contributed by atoms with Gasteiger partial charge in [0.05, 0.1) is 11.8 Å². The van der Waals surface area contributed by atoms with Crippen LogP contribution in [0.1, 0.15) is 63.6 Å². The number of amides is 2. The zero-order valence-corrected chi connectivity index (χ0v) is 19.1. The average Bonchev–Trinajstić information content (AvgIpc) is 3.34. The van der Waals surface area contributed by atoms with Gasteiger partial charge >= 0.3 is 0 Å². The van der Waals surface area contributed by atoms with E-state index in [-0.39, 0.29) is 18.2 Å². The van der Waals surface area contributed by atoms with Crippen molar-refractivity contribution in [2.24, 2.45) is 0 Å². The van der Waals surface area contributed by atoms with Crippen molar-refractivity contribution in [3.63, 3.8) is 0 Å². The first-order chi connectivity index (χ1) is 15.5. The quantitative estimate of drug-likeness (QED) is 0.516. The molecule has 10 heteroatoms. The second-order valence-electron chi connectivity index (χ2n) is 8.06. The van der Waals surface area contributed by atoms with Crippen molar-refractivity contribution in [3.05, 3.63) is 29.9 Å². The summed E-state index contributed by atoms with van der Waals surface area (Å²) in [6, 6.07) is 5.66. The smallest absolute Gasteiger partial charge is 0.227 e. The summed E-state index contributed by atoms with van der Waals surface area (Å²) in [7, 11) is 1.59. The summed E-state index contributed by atoms with van der Waals surface area (Å²) in [5.41, 5.74) is 0.135. The minimum absolute atomic E-state index is 0.106. The highest BCUT2D eigenvalue weighted by Crippen LogP contribution is 2.35. The Morgan fingerprint density at radius 3 is 2.69 bits per heavy atom. The lowest BCUT2D eigenvalue weighted by atomic mass is 9.89. The minimum atomic E-state index is -0.591. The number of fused-ring (bicyclic) bond motifs is 1. The maximum atomic E-state index is 12.5. The van der Waals surface area contributed by atoms with Gasteiger partial charge in [-0.1, -0.05) is 48.2 Å². The number of carbonyl (C=O) groups is 2. The minimum Gasteiger partial charge on any atom is -0.494 e. The number of ether oxygens (including phenoxy) is 1. The summed E-state index contributed by atoms with van der Waals surface area (Å²) >= 11 is 1.39.